The molecule has 0 saturated carbocycles. The number of hydrogen-bond donors (Lipinski definition) is 1. The maximum absolute atomic E-state index is 12.7. The molecule has 9 nitrogen and oxygen atoms in total. The van der Waals surface area contributed by atoms with E-state index < -0.39 is 11.5 Å². The number of aromatic nitrogens is 5. The van der Waals surface area contributed by atoms with Gasteiger partial charge in [0.2, 0.25) is 0 Å². The van der Waals surface area contributed by atoms with Gasteiger partial charge in [0.05, 0.1) is 19.0 Å². The number of phenols is 1. The van der Waals surface area contributed by atoms with Crippen LogP contribution < -0.4 is 5.56 Å². The highest BCUT2D eigenvalue weighted by Crippen LogP contribution is 2.17. The van der Waals surface area contributed by atoms with Crippen molar-refractivity contribution in [1.29, 1.82) is 0 Å². The van der Waals surface area contributed by atoms with Gasteiger partial charge in [0, 0.05) is 12.3 Å². The molecule has 0 aliphatic heterocycles. The maximum Gasteiger partial charge on any atom is 0.343 e. The third kappa shape index (κ3) is 2.21. The van der Waals surface area contributed by atoms with Crippen molar-refractivity contribution in [3.05, 3.63) is 58.6 Å². The van der Waals surface area contributed by atoms with Crippen LogP contribution in [0.5, 0.6) is 5.75 Å². The SMILES string of the molecule is COC(=O)c1cnn2c1nnc1c(=O)n(-c3cccc(O)c3)ccc12. The monoisotopic (exact) mass is 337 g/mol. The zero-order valence-electron chi connectivity index (χ0n) is 12.9. The van der Waals surface area contributed by atoms with Crippen LogP contribution in [0.3, 0.4) is 0 Å². The fraction of sp³-hybridized carbons (Fsp3) is 0.0625. The molecule has 0 radical (unpaired) electrons. The van der Waals surface area contributed by atoms with Crippen LogP contribution in [-0.4, -0.2) is 42.6 Å². The number of pyridine rings is 1. The highest BCUT2D eigenvalue weighted by molar-refractivity contribution is 5.96. The van der Waals surface area contributed by atoms with Crippen LogP contribution in [0.15, 0.2) is 47.5 Å². The average molecular weight is 337 g/mol. The number of nitrogens with zero attached hydrogens (tertiary/aromatic N) is 5. The van der Waals surface area contributed by atoms with Gasteiger partial charge in [-0.25, -0.2) is 9.31 Å². The van der Waals surface area contributed by atoms with Crippen molar-refractivity contribution in [3.63, 3.8) is 0 Å². The lowest BCUT2D eigenvalue weighted by Crippen LogP contribution is -2.20. The molecule has 4 aromatic rings. The minimum atomic E-state index is -0.586. The third-order valence-electron chi connectivity index (χ3n) is 3.78. The molecule has 3 aromatic heterocycles. The summed E-state index contributed by atoms with van der Waals surface area (Å²) in [5.41, 5.74) is 0.916. The third-order valence-corrected chi connectivity index (χ3v) is 3.78. The molecule has 4 rings (SSSR count). The number of esters is 1. The molecule has 0 amide bonds. The van der Waals surface area contributed by atoms with Crippen molar-refractivity contribution >= 4 is 22.6 Å². The Bertz CT molecular complexity index is 1190. The Morgan fingerprint density at radius 2 is 2.08 bits per heavy atom. The van der Waals surface area contributed by atoms with Gasteiger partial charge in [-0.1, -0.05) is 6.07 Å². The second kappa shape index (κ2) is 5.41. The summed E-state index contributed by atoms with van der Waals surface area (Å²) in [7, 11) is 1.26. The van der Waals surface area contributed by atoms with E-state index in [0.29, 0.717) is 11.2 Å². The predicted molar refractivity (Wildman–Crippen MR) is 86.9 cm³/mol. The summed E-state index contributed by atoms with van der Waals surface area (Å²) >= 11 is 0. The van der Waals surface area contributed by atoms with E-state index in [0.717, 1.165) is 0 Å². The minimum Gasteiger partial charge on any atom is -0.508 e. The Labute approximate surface area is 139 Å². The second-order valence-corrected chi connectivity index (χ2v) is 5.23. The van der Waals surface area contributed by atoms with Gasteiger partial charge in [-0.15, -0.1) is 10.2 Å². The average Bonchev–Trinajstić information content (AvgIpc) is 3.06. The molecule has 25 heavy (non-hydrogen) atoms. The molecule has 0 atom stereocenters. The van der Waals surface area contributed by atoms with E-state index >= 15 is 0 Å². The predicted octanol–water partition coefficient (Wildman–Crippen LogP) is 0.921. The molecule has 0 saturated heterocycles. The van der Waals surface area contributed by atoms with Gasteiger partial charge in [0.15, 0.2) is 11.2 Å². The van der Waals surface area contributed by atoms with Gasteiger partial charge in [0.25, 0.3) is 5.56 Å². The minimum absolute atomic E-state index is 0.0424. The molecule has 0 aliphatic carbocycles. The number of aromatic hydroxyl groups is 1. The van der Waals surface area contributed by atoms with Crippen molar-refractivity contribution in [1.82, 2.24) is 24.4 Å². The number of fused-ring (bicyclic) bond motifs is 3. The molecule has 0 spiro atoms. The van der Waals surface area contributed by atoms with Gasteiger partial charge < -0.3 is 9.84 Å². The number of methoxy groups -OCH3 is 1. The van der Waals surface area contributed by atoms with Crippen LogP contribution >= 0.6 is 0 Å². The van der Waals surface area contributed by atoms with E-state index in [1.807, 2.05) is 0 Å². The lowest BCUT2D eigenvalue weighted by Gasteiger charge is -2.07. The molecular formula is C16H11N5O4. The summed E-state index contributed by atoms with van der Waals surface area (Å²) in [4.78, 5) is 24.5. The van der Waals surface area contributed by atoms with E-state index in [4.69, 9.17) is 0 Å². The highest BCUT2D eigenvalue weighted by Gasteiger charge is 2.18. The van der Waals surface area contributed by atoms with Crippen molar-refractivity contribution in [2.75, 3.05) is 7.11 Å². The van der Waals surface area contributed by atoms with Crippen LogP contribution in [0.4, 0.5) is 0 Å². The van der Waals surface area contributed by atoms with Crippen LogP contribution in [0, 0.1) is 0 Å². The number of hydrogen-bond acceptors (Lipinski definition) is 7. The summed E-state index contributed by atoms with van der Waals surface area (Å²) < 4.78 is 7.38. The first-order valence-corrected chi connectivity index (χ1v) is 7.23. The van der Waals surface area contributed by atoms with E-state index in [2.05, 4.69) is 20.0 Å². The first-order valence-electron chi connectivity index (χ1n) is 7.23. The van der Waals surface area contributed by atoms with Gasteiger partial charge in [0.1, 0.15) is 16.8 Å². The van der Waals surface area contributed by atoms with Crippen LogP contribution in [-0.2, 0) is 4.74 Å². The molecule has 0 aliphatic rings. The second-order valence-electron chi connectivity index (χ2n) is 5.23. The van der Waals surface area contributed by atoms with Crippen LogP contribution in [0.1, 0.15) is 10.4 Å². The zero-order valence-corrected chi connectivity index (χ0v) is 12.9. The normalized spacial score (nSPS) is 11.1. The molecule has 0 unspecified atom stereocenters. The largest absolute Gasteiger partial charge is 0.508 e. The zero-order chi connectivity index (χ0) is 17.6. The summed E-state index contributed by atoms with van der Waals surface area (Å²) in [6, 6.07) is 7.92. The molecule has 9 heteroatoms. The molecule has 1 aromatic carbocycles. The fourth-order valence-corrected chi connectivity index (χ4v) is 2.59. The van der Waals surface area contributed by atoms with Crippen molar-refractivity contribution in [3.8, 4) is 11.4 Å². The molecule has 0 bridgehead atoms. The molecule has 3 heterocycles. The van der Waals surface area contributed by atoms with E-state index in [1.165, 1.54) is 34.5 Å². The van der Waals surface area contributed by atoms with Gasteiger partial charge >= 0.3 is 5.97 Å². The summed E-state index contributed by atoms with van der Waals surface area (Å²) in [5, 5.41) is 21.6. The Morgan fingerprint density at radius 3 is 2.84 bits per heavy atom. The van der Waals surface area contributed by atoms with Gasteiger partial charge in [-0.3, -0.25) is 9.36 Å². The molecule has 1 N–H and O–H groups in total. The standard InChI is InChI=1S/C16H11N5O4/c1-25-16(24)11-8-17-21-12-5-6-20(9-3-2-4-10(22)7-9)15(23)13(12)18-19-14(11)21/h2-8,22H,1H3. The van der Waals surface area contributed by atoms with Crippen LogP contribution in [0.2, 0.25) is 0 Å². The number of phenolic OH excluding ortho intramolecular Hbond substituents is 1. The number of benzene rings is 1. The summed E-state index contributed by atoms with van der Waals surface area (Å²) in [6.45, 7) is 0. The lowest BCUT2D eigenvalue weighted by molar-refractivity contribution is 0.0602. The fourth-order valence-electron chi connectivity index (χ4n) is 2.59. The number of ether oxygens (including phenoxy) is 1. The quantitative estimate of drug-likeness (QED) is 0.541. The molecule has 0 fully saturated rings. The van der Waals surface area contributed by atoms with Gasteiger partial charge in [-0.05, 0) is 18.2 Å². The topological polar surface area (TPSA) is 112 Å². The smallest absolute Gasteiger partial charge is 0.343 e. The lowest BCUT2D eigenvalue weighted by atomic mass is 10.3. The number of rotatable bonds is 2. The Hall–Kier alpha value is -3.75. The van der Waals surface area contributed by atoms with Crippen molar-refractivity contribution in [2.24, 2.45) is 0 Å². The van der Waals surface area contributed by atoms with Crippen LogP contribution in [0.25, 0.3) is 22.4 Å². The van der Waals surface area contributed by atoms with Crippen molar-refractivity contribution < 1.29 is 14.6 Å². The summed E-state index contributed by atoms with van der Waals surface area (Å²) in [5.74, 6) is -0.544. The number of carbonyl (C=O) groups is 1. The van der Waals surface area contributed by atoms with Gasteiger partial charge in [-0.2, -0.15) is 5.10 Å². The van der Waals surface area contributed by atoms with E-state index in [9.17, 15) is 14.7 Å². The molecule has 124 valence electrons. The maximum atomic E-state index is 12.7. The van der Waals surface area contributed by atoms with Crippen molar-refractivity contribution in [2.45, 2.75) is 0 Å². The Morgan fingerprint density at radius 1 is 1.24 bits per heavy atom. The Balaban J connectivity index is 1.98. The summed E-state index contributed by atoms with van der Waals surface area (Å²) in [6.07, 6.45) is 2.86. The number of carbonyl (C=O) groups excluding carboxylic acids is 1. The first kappa shape index (κ1) is 14.8. The van der Waals surface area contributed by atoms with E-state index in [1.54, 1.807) is 24.4 Å². The Kier molecular flexibility index (Phi) is 3.21. The molecular weight excluding hydrogens is 326 g/mol. The first-order chi connectivity index (χ1) is 12.1. The van der Waals surface area contributed by atoms with E-state index in [-0.39, 0.29) is 22.5 Å². The highest BCUT2D eigenvalue weighted by atomic mass is 16.5.